The molecular formula is C17H22FNO3. The lowest BCUT2D eigenvalue weighted by molar-refractivity contribution is 0.0557. The molecule has 5 heteroatoms. The highest BCUT2D eigenvalue weighted by atomic mass is 19.1. The summed E-state index contributed by atoms with van der Waals surface area (Å²) in [6.45, 7) is 1.17. The van der Waals surface area contributed by atoms with E-state index in [9.17, 15) is 9.18 Å². The summed E-state index contributed by atoms with van der Waals surface area (Å²) in [5.74, 6) is -0.868. The number of hydrogen-bond donors (Lipinski definition) is 1. The standard InChI is InChI=1S/C17H22FNO3/c18-12-4-5-15(14(8-12)16(19)20)21-10-13-9-17(11-22-13)6-2-1-3-7-17/h4-5,8,13H,1-3,6-7,9-11H2,(H2,19,20). The van der Waals surface area contributed by atoms with Crippen molar-refractivity contribution in [2.75, 3.05) is 13.2 Å². The molecule has 120 valence electrons. The second kappa shape index (κ2) is 6.24. The van der Waals surface area contributed by atoms with Crippen LogP contribution in [0, 0.1) is 11.2 Å². The number of carbonyl (C=O) groups excluding carboxylic acids is 1. The molecule has 1 aromatic rings. The average Bonchev–Trinajstić information content (AvgIpc) is 2.89. The van der Waals surface area contributed by atoms with Crippen molar-refractivity contribution in [2.24, 2.45) is 11.1 Å². The zero-order valence-corrected chi connectivity index (χ0v) is 12.6. The van der Waals surface area contributed by atoms with Gasteiger partial charge in [0.15, 0.2) is 0 Å². The summed E-state index contributed by atoms with van der Waals surface area (Å²) in [7, 11) is 0. The van der Waals surface area contributed by atoms with Crippen LogP contribution in [0.5, 0.6) is 5.75 Å². The highest BCUT2D eigenvalue weighted by Crippen LogP contribution is 2.45. The Balaban J connectivity index is 1.60. The van der Waals surface area contributed by atoms with Gasteiger partial charge in [0.1, 0.15) is 18.2 Å². The van der Waals surface area contributed by atoms with Crippen LogP contribution in [0.25, 0.3) is 0 Å². The van der Waals surface area contributed by atoms with Crippen molar-refractivity contribution in [3.8, 4) is 5.75 Å². The molecule has 1 saturated heterocycles. The molecule has 1 aromatic carbocycles. The predicted octanol–water partition coefficient (Wildman–Crippen LogP) is 3.04. The third kappa shape index (κ3) is 3.24. The topological polar surface area (TPSA) is 61.6 Å². The van der Waals surface area contributed by atoms with Crippen LogP contribution in [0.2, 0.25) is 0 Å². The minimum absolute atomic E-state index is 0.0314. The van der Waals surface area contributed by atoms with Crippen molar-refractivity contribution in [3.63, 3.8) is 0 Å². The molecule has 1 saturated carbocycles. The van der Waals surface area contributed by atoms with Gasteiger partial charge in [-0.15, -0.1) is 0 Å². The largest absolute Gasteiger partial charge is 0.490 e. The minimum Gasteiger partial charge on any atom is -0.490 e. The van der Waals surface area contributed by atoms with Gasteiger partial charge in [-0.1, -0.05) is 19.3 Å². The van der Waals surface area contributed by atoms with E-state index in [0.717, 1.165) is 19.1 Å². The SMILES string of the molecule is NC(=O)c1cc(F)ccc1OCC1CC2(CCCCC2)CO1. The quantitative estimate of drug-likeness (QED) is 0.930. The molecule has 3 rings (SSSR count). The molecule has 1 aliphatic carbocycles. The number of carbonyl (C=O) groups is 1. The first-order valence-electron chi connectivity index (χ1n) is 7.92. The monoisotopic (exact) mass is 307 g/mol. The Bertz CT molecular complexity index is 555. The molecule has 0 bridgehead atoms. The predicted molar refractivity (Wildman–Crippen MR) is 80.3 cm³/mol. The van der Waals surface area contributed by atoms with E-state index in [1.54, 1.807) is 0 Å². The maximum absolute atomic E-state index is 13.2. The maximum Gasteiger partial charge on any atom is 0.252 e. The number of benzene rings is 1. The molecule has 0 radical (unpaired) electrons. The molecular weight excluding hydrogens is 285 g/mol. The fourth-order valence-electron chi connectivity index (χ4n) is 3.66. The molecule has 1 unspecified atom stereocenters. The third-order valence-electron chi connectivity index (χ3n) is 4.83. The van der Waals surface area contributed by atoms with Gasteiger partial charge in [0.25, 0.3) is 5.91 Å². The van der Waals surface area contributed by atoms with E-state index in [2.05, 4.69) is 0 Å². The van der Waals surface area contributed by atoms with E-state index in [0.29, 0.717) is 17.8 Å². The van der Waals surface area contributed by atoms with Crippen LogP contribution in [0.15, 0.2) is 18.2 Å². The van der Waals surface area contributed by atoms with E-state index in [4.69, 9.17) is 15.2 Å². The van der Waals surface area contributed by atoms with E-state index in [1.165, 1.54) is 44.2 Å². The van der Waals surface area contributed by atoms with Crippen molar-refractivity contribution in [2.45, 2.75) is 44.6 Å². The zero-order valence-electron chi connectivity index (χ0n) is 12.6. The van der Waals surface area contributed by atoms with Crippen LogP contribution in [-0.4, -0.2) is 25.2 Å². The summed E-state index contributed by atoms with van der Waals surface area (Å²) >= 11 is 0. The normalized spacial score (nSPS) is 23.6. The number of primary amides is 1. The first-order valence-corrected chi connectivity index (χ1v) is 7.92. The van der Waals surface area contributed by atoms with E-state index < -0.39 is 11.7 Å². The minimum atomic E-state index is -0.689. The Morgan fingerprint density at radius 2 is 2.14 bits per heavy atom. The van der Waals surface area contributed by atoms with Crippen LogP contribution in [0.4, 0.5) is 4.39 Å². The lowest BCUT2D eigenvalue weighted by atomic mass is 9.73. The lowest BCUT2D eigenvalue weighted by Crippen LogP contribution is -2.25. The molecule has 1 atom stereocenters. The van der Waals surface area contributed by atoms with Crippen molar-refractivity contribution < 1.29 is 18.7 Å². The van der Waals surface area contributed by atoms with Gasteiger partial charge < -0.3 is 15.2 Å². The molecule has 1 spiro atoms. The zero-order chi connectivity index (χ0) is 15.6. The average molecular weight is 307 g/mol. The summed E-state index contributed by atoms with van der Waals surface area (Å²) in [5, 5.41) is 0. The van der Waals surface area contributed by atoms with Crippen LogP contribution < -0.4 is 10.5 Å². The molecule has 1 heterocycles. The Hall–Kier alpha value is -1.62. The van der Waals surface area contributed by atoms with E-state index in [-0.39, 0.29) is 11.7 Å². The second-order valence-corrected chi connectivity index (χ2v) is 6.51. The number of amides is 1. The molecule has 1 aliphatic heterocycles. The highest BCUT2D eigenvalue weighted by molar-refractivity contribution is 5.95. The fourth-order valence-corrected chi connectivity index (χ4v) is 3.66. The fraction of sp³-hybridized carbons (Fsp3) is 0.588. The molecule has 2 N–H and O–H groups in total. The van der Waals surface area contributed by atoms with E-state index >= 15 is 0 Å². The Kier molecular flexibility index (Phi) is 4.34. The molecule has 2 aliphatic rings. The third-order valence-corrected chi connectivity index (χ3v) is 4.83. The number of hydrogen-bond acceptors (Lipinski definition) is 3. The maximum atomic E-state index is 13.2. The van der Waals surface area contributed by atoms with Gasteiger partial charge >= 0.3 is 0 Å². The summed E-state index contributed by atoms with van der Waals surface area (Å²) in [4.78, 5) is 11.4. The number of rotatable bonds is 4. The first kappa shape index (κ1) is 15.3. The molecule has 4 nitrogen and oxygen atoms in total. The van der Waals surface area contributed by atoms with Gasteiger partial charge in [-0.3, -0.25) is 4.79 Å². The Labute approximate surface area is 129 Å². The molecule has 1 amide bonds. The molecule has 0 aromatic heterocycles. The van der Waals surface area contributed by atoms with Crippen molar-refractivity contribution in [3.05, 3.63) is 29.6 Å². The summed E-state index contributed by atoms with van der Waals surface area (Å²) in [6.07, 6.45) is 7.37. The van der Waals surface area contributed by atoms with Crippen molar-refractivity contribution in [1.82, 2.24) is 0 Å². The lowest BCUT2D eigenvalue weighted by Gasteiger charge is -2.31. The second-order valence-electron chi connectivity index (χ2n) is 6.51. The van der Waals surface area contributed by atoms with Crippen LogP contribution in [-0.2, 0) is 4.74 Å². The van der Waals surface area contributed by atoms with Gasteiger partial charge in [-0.2, -0.15) is 0 Å². The van der Waals surface area contributed by atoms with Gasteiger partial charge in [-0.25, -0.2) is 4.39 Å². The van der Waals surface area contributed by atoms with Crippen molar-refractivity contribution in [1.29, 1.82) is 0 Å². The van der Waals surface area contributed by atoms with Gasteiger partial charge in [0.2, 0.25) is 0 Å². The summed E-state index contributed by atoms with van der Waals surface area (Å²) in [5.41, 5.74) is 5.66. The van der Waals surface area contributed by atoms with Gasteiger partial charge in [0, 0.05) is 0 Å². The van der Waals surface area contributed by atoms with Crippen molar-refractivity contribution >= 4 is 5.91 Å². The first-order chi connectivity index (χ1) is 10.6. The Morgan fingerprint density at radius 1 is 1.36 bits per heavy atom. The molecule has 22 heavy (non-hydrogen) atoms. The Morgan fingerprint density at radius 3 is 2.86 bits per heavy atom. The van der Waals surface area contributed by atoms with Crippen LogP contribution in [0.3, 0.4) is 0 Å². The number of ether oxygens (including phenoxy) is 2. The smallest absolute Gasteiger partial charge is 0.252 e. The number of nitrogens with two attached hydrogens (primary N) is 1. The molecule has 2 fully saturated rings. The van der Waals surface area contributed by atoms with Crippen LogP contribution in [0.1, 0.15) is 48.9 Å². The summed E-state index contributed by atoms with van der Waals surface area (Å²) < 4.78 is 24.8. The van der Waals surface area contributed by atoms with Gasteiger partial charge in [-0.05, 0) is 42.9 Å². The van der Waals surface area contributed by atoms with Crippen LogP contribution >= 0.6 is 0 Å². The highest BCUT2D eigenvalue weighted by Gasteiger charge is 2.41. The number of halogens is 1. The van der Waals surface area contributed by atoms with E-state index in [1.807, 2.05) is 0 Å². The van der Waals surface area contributed by atoms with Gasteiger partial charge in [0.05, 0.1) is 18.3 Å². The summed E-state index contributed by atoms with van der Waals surface area (Å²) in [6, 6.07) is 3.82.